The first-order chi connectivity index (χ1) is 15.2. The number of imidazole rings is 1. The van der Waals surface area contributed by atoms with Gasteiger partial charge >= 0.3 is 11.7 Å². The summed E-state index contributed by atoms with van der Waals surface area (Å²) < 4.78 is 8.75. The van der Waals surface area contributed by atoms with E-state index in [1.807, 2.05) is 38.3 Å². The van der Waals surface area contributed by atoms with E-state index in [1.54, 1.807) is 12.1 Å². The van der Waals surface area contributed by atoms with Crippen molar-refractivity contribution in [2.24, 2.45) is 5.92 Å². The van der Waals surface area contributed by atoms with E-state index in [9.17, 15) is 14.4 Å². The molecule has 0 atom stereocenters. The molecule has 1 aromatic carbocycles. The molecule has 172 valence electrons. The fourth-order valence-corrected chi connectivity index (χ4v) is 3.73. The molecule has 3 rings (SSSR count). The number of esters is 1. The lowest BCUT2D eigenvalue weighted by atomic mass is 10.2. The second kappa shape index (κ2) is 10.2. The van der Waals surface area contributed by atoms with Crippen LogP contribution in [0.1, 0.15) is 51.4 Å². The number of fused-ring (bicyclic) bond motifs is 1. The average molecular weight is 461 g/mol. The van der Waals surface area contributed by atoms with Crippen molar-refractivity contribution in [3.8, 4) is 5.75 Å². The van der Waals surface area contributed by atoms with Crippen LogP contribution in [-0.4, -0.2) is 25.1 Å². The van der Waals surface area contributed by atoms with Gasteiger partial charge in [-0.05, 0) is 37.0 Å². The first-order valence-electron chi connectivity index (χ1n) is 10.9. The predicted molar refractivity (Wildman–Crippen MR) is 125 cm³/mol. The van der Waals surface area contributed by atoms with Gasteiger partial charge in [0.25, 0.3) is 5.56 Å². The summed E-state index contributed by atoms with van der Waals surface area (Å²) in [5.41, 5.74) is 0.717. The van der Waals surface area contributed by atoms with E-state index < -0.39 is 17.2 Å². The molecule has 1 N–H and O–H groups in total. The Morgan fingerprint density at radius 3 is 2.69 bits per heavy atom. The zero-order valence-corrected chi connectivity index (χ0v) is 19.7. The van der Waals surface area contributed by atoms with E-state index in [4.69, 9.17) is 16.3 Å². The van der Waals surface area contributed by atoms with E-state index >= 15 is 0 Å². The van der Waals surface area contributed by atoms with Crippen LogP contribution in [0, 0.1) is 12.8 Å². The lowest BCUT2D eigenvalue weighted by Gasteiger charge is -2.12. The number of halogens is 1. The van der Waals surface area contributed by atoms with Crippen LogP contribution in [0.15, 0.2) is 27.8 Å². The minimum atomic E-state index is -0.467. The van der Waals surface area contributed by atoms with E-state index in [-0.39, 0.29) is 18.8 Å². The maximum Gasteiger partial charge on any atom is 0.330 e. The molecule has 32 heavy (non-hydrogen) atoms. The van der Waals surface area contributed by atoms with Crippen molar-refractivity contribution >= 4 is 28.7 Å². The summed E-state index contributed by atoms with van der Waals surface area (Å²) in [5.74, 6) is 0.678. The van der Waals surface area contributed by atoms with Crippen molar-refractivity contribution in [2.45, 2.75) is 66.5 Å². The standard InChI is InChI=1S/C23H29ClN4O4/c1-5-6-11-27-21-20(22(30)26-23(27)31)28(13-14(2)3)18(25-21)9-10-19(29)32-17-12-15(4)7-8-16(17)24/h7-8,12,14H,5-6,9-11,13H2,1-4H3,(H,26,30,31). The Balaban J connectivity index is 1.93. The Kier molecular flexibility index (Phi) is 7.56. The van der Waals surface area contributed by atoms with Gasteiger partial charge < -0.3 is 9.30 Å². The molecule has 0 amide bonds. The number of aromatic nitrogens is 4. The van der Waals surface area contributed by atoms with Crippen molar-refractivity contribution < 1.29 is 9.53 Å². The van der Waals surface area contributed by atoms with Gasteiger partial charge in [0.05, 0.1) is 11.4 Å². The van der Waals surface area contributed by atoms with E-state index in [0.29, 0.717) is 40.8 Å². The van der Waals surface area contributed by atoms with Crippen LogP contribution in [0.25, 0.3) is 11.2 Å². The summed E-state index contributed by atoms with van der Waals surface area (Å²) in [5, 5.41) is 0.363. The molecule has 8 nitrogen and oxygen atoms in total. The van der Waals surface area contributed by atoms with Gasteiger partial charge in [0, 0.05) is 19.5 Å². The van der Waals surface area contributed by atoms with Gasteiger partial charge in [0.2, 0.25) is 0 Å². The van der Waals surface area contributed by atoms with Gasteiger partial charge in [-0.15, -0.1) is 0 Å². The molecule has 2 aromatic heterocycles. The highest BCUT2D eigenvalue weighted by atomic mass is 35.5. The summed E-state index contributed by atoms with van der Waals surface area (Å²) in [6.45, 7) is 8.99. The zero-order valence-electron chi connectivity index (χ0n) is 18.9. The third kappa shape index (κ3) is 5.30. The summed E-state index contributed by atoms with van der Waals surface area (Å²) in [4.78, 5) is 44.6. The topological polar surface area (TPSA) is 99.0 Å². The molecular weight excluding hydrogens is 432 g/mol. The van der Waals surface area contributed by atoms with Crippen molar-refractivity contribution in [2.75, 3.05) is 0 Å². The number of unbranched alkanes of at least 4 members (excludes halogenated alkanes) is 1. The third-order valence-corrected chi connectivity index (χ3v) is 5.42. The smallest absolute Gasteiger partial charge is 0.330 e. The number of H-pyrrole nitrogens is 1. The van der Waals surface area contributed by atoms with Crippen LogP contribution in [0.5, 0.6) is 5.75 Å². The Morgan fingerprint density at radius 2 is 2.00 bits per heavy atom. The van der Waals surface area contributed by atoms with Crippen LogP contribution in [0.4, 0.5) is 0 Å². The van der Waals surface area contributed by atoms with Crippen molar-refractivity contribution in [3.05, 3.63) is 55.4 Å². The number of hydrogen-bond acceptors (Lipinski definition) is 5. The van der Waals surface area contributed by atoms with E-state index in [0.717, 1.165) is 18.4 Å². The molecule has 9 heteroatoms. The van der Waals surface area contributed by atoms with E-state index in [1.165, 1.54) is 4.57 Å². The summed E-state index contributed by atoms with van der Waals surface area (Å²) in [7, 11) is 0. The average Bonchev–Trinajstić information content (AvgIpc) is 3.07. The Bertz CT molecular complexity index is 1240. The fourth-order valence-electron chi connectivity index (χ4n) is 3.57. The molecule has 2 heterocycles. The van der Waals surface area contributed by atoms with Gasteiger partial charge in [-0.1, -0.05) is 44.9 Å². The number of aryl methyl sites for hydroxylation is 3. The number of benzene rings is 1. The maximum absolute atomic E-state index is 12.7. The van der Waals surface area contributed by atoms with Crippen LogP contribution in [-0.2, 0) is 24.3 Å². The predicted octanol–water partition coefficient (Wildman–Crippen LogP) is 3.84. The van der Waals surface area contributed by atoms with Crippen LogP contribution in [0.2, 0.25) is 5.02 Å². The molecule has 0 aliphatic heterocycles. The number of carbonyl (C=O) groups is 1. The molecule has 0 saturated carbocycles. The van der Waals surface area contributed by atoms with Gasteiger partial charge in [-0.25, -0.2) is 9.78 Å². The quantitative estimate of drug-likeness (QED) is 0.386. The minimum absolute atomic E-state index is 0.0583. The summed E-state index contributed by atoms with van der Waals surface area (Å²) >= 11 is 6.12. The van der Waals surface area contributed by atoms with Gasteiger partial charge in [-0.2, -0.15) is 0 Å². The Hall–Kier alpha value is -2.87. The first-order valence-corrected chi connectivity index (χ1v) is 11.3. The fraction of sp³-hybridized carbons (Fsp3) is 0.478. The lowest BCUT2D eigenvalue weighted by Crippen LogP contribution is -2.31. The Labute approximate surface area is 191 Å². The van der Waals surface area contributed by atoms with Gasteiger partial charge in [-0.3, -0.25) is 19.1 Å². The SMILES string of the molecule is CCCCn1c(=O)[nH]c(=O)c2c1nc(CCC(=O)Oc1cc(C)ccc1Cl)n2CC(C)C. The monoisotopic (exact) mass is 460 g/mol. The second-order valence-corrected chi connectivity index (χ2v) is 8.78. The molecule has 0 unspecified atom stereocenters. The number of nitrogens with one attached hydrogen (secondary N) is 1. The number of carbonyl (C=O) groups excluding carboxylic acids is 1. The number of aromatic amines is 1. The number of ether oxygens (including phenoxy) is 1. The highest BCUT2D eigenvalue weighted by molar-refractivity contribution is 6.32. The minimum Gasteiger partial charge on any atom is -0.425 e. The number of hydrogen-bond donors (Lipinski definition) is 1. The van der Waals surface area contributed by atoms with E-state index in [2.05, 4.69) is 9.97 Å². The highest BCUT2D eigenvalue weighted by Crippen LogP contribution is 2.26. The molecule has 3 aromatic rings. The zero-order chi connectivity index (χ0) is 23.4. The molecular formula is C23H29ClN4O4. The largest absolute Gasteiger partial charge is 0.425 e. The highest BCUT2D eigenvalue weighted by Gasteiger charge is 2.20. The van der Waals surface area contributed by atoms with Gasteiger partial charge in [0.15, 0.2) is 11.2 Å². The molecule has 0 spiro atoms. The van der Waals surface area contributed by atoms with Crippen molar-refractivity contribution in [1.82, 2.24) is 19.1 Å². The van der Waals surface area contributed by atoms with Crippen molar-refractivity contribution in [3.63, 3.8) is 0 Å². The van der Waals surface area contributed by atoms with Crippen molar-refractivity contribution in [1.29, 1.82) is 0 Å². The first kappa shape index (κ1) is 23.8. The normalized spacial score (nSPS) is 11.4. The number of rotatable bonds is 9. The molecule has 0 saturated heterocycles. The molecule has 0 aliphatic rings. The van der Waals surface area contributed by atoms with Crippen LogP contribution < -0.4 is 16.0 Å². The number of nitrogens with zero attached hydrogens (tertiary/aromatic N) is 3. The molecule has 0 aliphatic carbocycles. The summed E-state index contributed by atoms with van der Waals surface area (Å²) in [6.07, 6.45) is 2.02. The van der Waals surface area contributed by atoms with Crippen LogP contribution >= 0.6 is 11.6 Å². The molecule has 0 fully saturated rings. The van der Waals surface area contributed by atoms with Crippen LogP contribution in [0.3, 0.4) is 0 Å². The Morgan fingerprint density at radius 1 is 1.25 bits per heavy atom. The maximum atomic E-state index is 12.7. The molecule has 0 radical (unpaired) electrons. The lowest BCUT2D eigenvalue weighted by molar-refractivity contribution is -0.134. The summed E-state index contributed by atoms with van der Waals surface area (Å²) in [6, 6.07) is 5.23. The molecule has 0 bridgehead atoms. The third-order valence-electron chi connectivity index (χ3n) is 5.11. The second-order valence-electron chi connectivity index (χ2n) is 8.38. The van der Waals surface area contributed by atoms with Gasteiger partial charge in [0.1, 0.15) is 11.6 Å².